The van der Waals surface area contributed by atoms with Crippen molar-refractivity contribution in [2.24, 2.45) is 5.92 Å². The van der Waals surface area contributed by atoms with Crippen LogP contribution in [0.4, 0.5) is 0 Å². The van der Waals surface area contributed by atoms with E-state index in [2.05, 4.69) is 5.32 Å². The largest absolute Gasteiger partial charge is 0.343 e. The molecular formula is C14H28ClN3O2. The monoisotopic (exact) mass is 305 g/mol. The molecule has 0 aromatic heterocycles. The van der Waals surface area contributed by atoms with Crippen molar-refractivity contribution < 1.29 is 9.59 Å². The van der Waals surface area contributed by atoms with E-state index in [0.717, 1.165) is 25.8 Å². The summed E-state index contributed by atoms with van der Waals surface area (Å²) in [5.74, 6) is 0.125. The summed E-state index contributed by atoms with van der Waals surface area (Å²) in [5, 5.41) is 3.03. The second kappa shape index (κ2) is 9.19. The topological polar surface area (TPSA) is 52.7 Å². The van der Waals surface area contributed by atoms with E-state index in [1.807, 2.05) is 27.9 Å². The van der Waals surface area contributed by atoms with E-state index in [9.17, 15) is 9.59 Å². The van der Waals surface area contributed by atoms with Crippen LogP contribution >= 0.6 is 12.4 Å². The molecule has 2 amide bonds. The lowest BCUT2D eigenvalue weighted by molar-refractivity contribution is -0.148. The van der Waals surface area contributed by atoms with Gasteiger partial charge in [-0.2, -0.15) is 0 Å². The van der Waals surface area contributed by atoms with Gasteiger partial charge in [0.1, 0.15) is 6.04 Å². The van der Waals surface area contributed by atoms with Gasteiger partial charge in [0.05, 0.1) is 0 Å². The molecule has 0 spiro atoms. The van der Waals surface area contributed by atoms with Crippen molar-refractivity contribution in [3.8, 4) is 0 Å². The summed E-state index contributed by atoms with van der Waals surface area (Å²) in [6, 6.07) is -0.259. The zero-order valence-corrected chi connectivity index (χ0v) is 13.8. The molecular weight excluding hydrogens is 278 g/mol. The summed E-state index contributed by atoms with van der Waals surface area (Å²) in [7, 11) is 3.68. The maximum absolute atomic E-state index is 12.4. The van der Waals surface area contributed by atoms with Gasteiger partial charge in [-0.3, -0.25) is 9.59 Å². The third-order valence-electron chi connectivity index (χ3n) is 3.64. The minimum atomic E-state index is -0.259. The summed E-state index contributed by atoms with van der Waals surface area (Å²) >= 11 is 0. The van der Waals surface area contributed by atoms with Crippen LogP contribution in [-0.2, 0) is 9.59 Å². The number of nitrogens with one attached hydrogen (secondary N) is 1. The Morgan fingerprint density at radius 2 is 2.00 bits per heavy atom. The van der Waals surface area contributed by atoms with Crippen LogP contribution in [0.3, 0.4) is 0 Å². The maximum atomic E-state index is 12.4. The molecule has 1 N–H and O–H groups in total. The average Bonchev–Trinajstić information content (AvgIpc) is 2.42. The fraction of sp³-hybridized carbons (Fsp3) is 0.857. The number of hydrogen-bond donors (Lipinski definition) is 1. The Hall–Kier alpha value is -0.810. The van der Waals surface area contributed by atoms with Gasteiger partial charge in [-0.25, -0.2) is 0 Å². The quantitative estimate of drug-likeness (QED) is 0.828. The molecule has 5 nitrogen and oxygen atoms in total. The summed E-state index contributed by atoms with van der Waals surface area (Å²) in [4.78, 5) is 28.2. The van der Waals surface area contributed by atoms with Crippen molar-refractivity contribution in [2.45, 2.75) is 39.2 Å². The van der Waals surface area contributed by atoms with Crippen LogP contribution in [0.25, 0.3) is 0 Å². The first-order valence-electron chi connectivity index (χ1n) is 7.19. The highest BCUT2D eigenvalue weighted by molar-refractivity contribution is 5.88. The Bertz CT molecular complexity index is 324. The Labute approximate surface area is 128 Å². The van der Waals surface area contributed by atoms with Crippen molar-refractivity contribution in [1.29, 1.82) is 0 Å². The molecule has 1 saturated heterocycles. The van der Waals surface area contributed by atoms with Crippen LogP contribution in [-0.4, -0.2) is 61.4 Å². The van der Waals surface area contributed by atoms with E-state index in [-0.39, 0.29) is 36.2 Å². The first-order chi connectivity index (χ1) is 8.99. The Kier molecular flexibility index (Phi) is 8.81. The third kappa shape index (κ3) is 4.94. The SMILES string of the molecule is CNCCN(C)C(=O)C1CCCCN1C(=O)C(C)C.Cl. The third-order valence-corrected chi connectivity index (χ3v) is 3.64. The second-order valence-electron chi connectivity index (χ2n) is 5.56. The molecule has 6 heteroatoms. The lowest BCUT2D eigenvalue weighted by Crippen LogP contribution is -2.53. The van der Waals surface area contributed by atoms with Crippen molar-refractivity contribution in [1.82, 2.24) is 15.1 Å². The van der Waals surface area contributed by atoms with E-state index in [1.165, 1.54) is 0 Å². The van der Waals surface area contributed by atoms with Gasteiger partial charge in [-0.05, 0) is 26.3 Å². The Balaban J connectivity index is 0.00000361. The number of halogens is 1. The summed E-state index contributed by atoms with van der Waals surface area (Å²) in [6.07, 6.45) is 2.82. The normalized spacial score (nSPS) is 18.6. The molecule has 1 heterocycles. The molecule has 1 unspecified atom stereocenters. The van der Waals surface area contributed by atoms with Gasteiger partial charge < -0.3 is 15.1 Å². The average molecular weight is 306 g/mol. The van der Waals surface area contributed by atoms with Crippen LogP contribution in [0, 0.1) is 5.92 Å². The number of hydrogen-bond acceptors (Lipinski definition) is 3. The van der Waals surface area contributed by atoms with Gasteiger partial charge in [-0.1, -0.05) is 13.8 Å². The summed E-state index contributed by atoms with van der Waals surface area (Å²) in [5.41, 5.74) is 0. The molecule has 1 atom stereocenters. The molecule has 0 aromatic carbocycles. The molecule has 0 saturated carbocycles. The predicted octanol–water partition coefficient (Wildman–Crippen LogP) is 1.12. The van der Waals surface area contributed by atoms with Gasteiger partial charge in [0.25, 0.3) is 0 Å². The molecule has 1 aliphatic heterocycles. The van der Waals surface area contributed by atoms with Crippen molar-refractivity contribution in [3.05, 3.63) is 0 Å². The lowest BCUT2D eigenvalue weighted by Gasteiger charge is -2.37. The maximum Gasteiger partial charge on any atom is 0.245 e. The minimum absolute atomic E-state index is 0. The number of likely N-dealkylation sites (tertiary alicyclic amines) is 1. The van der Waals surface area contributed by atoms with Crippen LogP contribution < -0.4 is 5.32 Å². The zero-order chi connectivity index (χ0) is 14.4. The number of carbonyl (C=O) groups excluding carboxylic acids is 2. The van der Waals surface area contributed by atoms with Crippen LogP contribution in [0.5, 0.6) is 0 Å². The molecule has 0 radical (unpaired) electrons. The van der Waals surface area contributed by atoms with E-state index in [1.54, 1.807) is 9.80 Å². The second-order valence-corrected chi connectivity index (χ2v) is 5.56. The summed E-state index contributed by atoms with van der Waals surface area (Å²) < 4.78 is 0. The van der Waals surface area contributed by atoms with Crippen LogP contribution in [0.1, 0.15) is 33.1 Å². The van der Waals surface area contributed by atoms with Crippen molar-refractivity contribution in [3.63, 3.8) is 0 Å². The van der Waals surface area contributed by atoms with Crippen LogP contribution in [0.2, 0.25) is 0 Å². The number of nitrogens with zero attached hydrogens (tertiary/aromatic N) is 2. The highest BCUT2D eigenvalue weighted by Crippen LogP contribution is 2.20. The zero-order valence-electron chi connectivity index (χ0n) is 13.0. The fourth-order valence-corrected chi connectivity index (χ4v) is 2.43. The van der Waals surface area contributed by atoms with Crippen molar-refractivity contribution in [2.75, 3.05) is 33.7 Å². The molecule has 118 valence electrons. The number of piperidine rings is 1. The van der Waals surface area contributed by atoms with Gasteiger partial charge >= 0.3 is 0 Å². The molecule has 1 rings (SSSR count). The first-order valence-corrected chi connectivity index (χ1v) is 7.19. The highest BCUT2D eigenvalue weighted by atomic mass is 35.5. The number of likely N-dealkylation sites (N-methyl/N-ethyl adjacent to an activating group) is 2. The number of carbonyl (C=O) groups is 2. The predicted molar refractivity (Wildman–Crippen MR) is 83.0 cm³/mol. The first kappa shape index (κ1) is 19.2. The molecule has 1 fully saturated rings. The smallest absolute Gasteiger partial charge is 0.245 e. The fourth-order valence-electron chi connectivity index (χ4n) is 2.43. The lowest BCUT2D eigenvalue weighted by atomic mass is 9.99. The van der Waals surface area contributed by atoms with Gasteiger partial charge in [0, 0.05) is 32.6 Å². The molecule has 0 bridgehead atoms. The Morgan fingerprint density at radius 3 is 2.55 bits per heavy atom. The minimum Gasteiger partial charge on any atom is -0.343 e. The molecule has 20 heavy (non-hydrogen) atoms. The molecule has 0 aromatic rings. The van der Waals surface area contributed by atoms with E-state index in [4.69, 9.17) is 0 Å². The summed E-state index contributed by atoms with van der Waals surface area (Å²) in [6.45, 7) is 5.95. The van der Waals surface area contributed by atoms with E-state index < -0.39 is 0 Å². The van der Waals surface area contributed by atoms with Gasteiger partial charge in [0.2, 0.25) is 11.8 Å². The number of amides is 2. The highest BCUT2D eigenvalue weighted by Gasteiger charge is 2.34. The standard InChI is InChI=1S/C14H27N3O2.ClH/c1-11(2)13(18)17-9-6-5-7-12(17)14(19)16(4)10-8-15-3;/h11-12,15H,5-10H2,1-4H3;1H. The van der Waals surface area contributed by atoms with E-state index >= 15 is 0 Å². The van der Waals surface area contributed by atoms with Crippen LogP contribution in [0.15, 0.2) is 0 Å². The van der Waals surface area contributed by atoms with Gasteiger partial charge in [-0.15, -0.1) is 12.4 Å². The Morgan fingerprint density at radius 1 is 1.35 bits per heavy atom. The molecule has 1 aliphatic rings. The van der Waals surface area contributed by atoms with E-state index in [0.29, 0.717) is 13.1 Å². The molecule has 0 aliphatic carbocycles. The van der Waals surface area contributed by atoms with Crippen molar-refractivity contribution >= 4 is 24.2 Å². The van der Waals surface area contributed by atoms with Gasteiger partial charge in [0.15, 0.2) is 0 Å². The number of rotatable bonds is 5.